The number of hydrogen-bond acceptors (Lipinski definition) is 4. The van der Waals surface area contributed by atoms with Crippen molar-refractivity contribution < 1.29 is 9.90 Å². The molecule has 29 heavy (non-hydrogen) atoms. The number of fused-ring (bicyclic) bond motifs is 1. The average molecular weight is 393 g/mol. The Morgan fingerprint density at radius 3 is 2.55 bits per heavy atom. The Morgan fingerprint density at radius 1 is 1.17 bits per heavy atom. The minimum atomic E-state index is -0.668. The molecule has 1 saturated heterocycles. The molecule has 0 bridgehead atoms. The van der Waals surface area contributed by atoms with Crippen LogP contribution in [0.4, 0.5) is 0 Å². The molecule has 0 aliphatic carbocycles. The van der Waals surface area contributed by atoms with Gasteiger partial charge in [0.25, 0.3) is 0 Å². The topological polar surface area (TPSA) is 61.6 Å². The van der Waals surface area contributed by atoms with E-state index < -0.39 is 11.6 Å². The van der Waals surface area contributed by atoms with E-state index >= 15 is 0 Å². The van der Waals surface area contributed by atoms with E-state index in [0.717, 1.165) is 22.4 Å². The molecule has 3 aromatic rings. The molecule has 1 fully saturated rings. The zero-order valence-electron chi connectivity index (χ0n) is 17.2. The van der Waals surface area contributed by atoms with E-state index in [0.29, 0.717) is 19.5 Å². The second kappa shape index (κ2) is 7.61. The van der Waals surface area contributed by atoms with E-state index in [-0.39, 0.29) is 12.5 Å². The molecular weight excluding hydrogens is 364 g/mol. The van der Waals surface area contributed by atoms with Crippen molar-refractivity contribution >= 4 is 16.9 Å². The maximum atomic E-state index is 13.1. The fraction of sp³-hybridized carbons (Fsp3) is 0.391. The van der Waals surface area contributed by atoms with E-state index in [1.807, 2.05) is 68.1 Å². The number of aromatic nitrogens is 2. The van der Waals surface area contributed by atoms with Crippen molar-refractivity contribution in [2.24, 2.45) is 0 Å². The Bertz CT molecular complexity index is 1010. The van der Waals surface area contributed by atoms with Crippen molar-refractivity contribution in [3.63, 3.8) is 0 Å². The fourth-order valence-electron chi connectivity index (χ4n) is 4.62. The SMILES string of the molecule is Cc1nc2ccccc2n1CC(=O)N1CC[C@@](c2ccccc2)(N(C)C)[C@H](O)C1. The van der Waals surface area contributed by atoms with Gasteiger partial charge in [-0.1, -0.05) is 42.5 Å². The Labute approximate surface area is 171 Å². The van der Waals surface area contributed by atoms with Gasteiger partial charge in [-0.3, -0.25) is 9.69 Å². The molecular formula is C23H28N4O2. The highest BCUT2D eigenvalue weighted by Crippen LogP contribution is 2.37. The highest BCUT2D eigenvalue weighted by molar-refractivity contribution is 5.81. The van der Waals surface area contributed by atoms with Gasteiger partial charge in [-0.25, -0.2) is 4.98 Å². The molecule has 6 heteroatoms. The number of hydrogen-bond donors (Lipinski definition) is 1. The quantitative estimate of drug-likeness (QED) is 0.741. The van der Waals surface area contributed by atoms with Crippen LogP contribution < -0.4 is 0 Å². The molecule has 2 heterocycles. The number of likely N-dealkylation sites (N-methyl/N-ethyl adjacent to an activating group) is 1. The molecule has 1 aromatic heterocycles. The summed E-state index contributed by atoms with van der Waals surface area (Å²) in [5.41, 5.74) is 2.45. The molecule has 0 saturated carbocycles. The number of aliphatic hydroxyl groups excluding tert-OH is 1. The van der Waals surface area contributed by atoms with Gasteiger partial charge in [-0.2, -0.15) is 0 Å². The van der Waals surface area contributed by atoms with Crippen molar-refractivity contribution in [2.75, 3.05) is 27.2 Å². The van der Waals surface area contributed by atoms with Crippen LogP contribution in [0.3, 0.4) is 0 Å². The zero-order valence-corrected chi connectivity index (χ0v) is 17.2. The minimum Gasteiger partial charge on any atom is -0.389 e. The van der Waals surface area contributed by atoms with Gasteiger partial charge in [-0.05, 0) is 45.1 Å². The van der Waals surface area contributed by atoms with Crippen molar-refractivity contribution in [2.45, 2.75) is 31.5 Å². The fourth-order valence-corrected chi connectivity index (χ4v) is 4.62. The number of benzene rings is 2. The Kier molecular flexibility index (Phi) is 5.15. The number of nitrogens with zero attached hydrogens (tertiary/aromatic N) is 4. The first-order valence-corrected chi connectivity index (χ1v) is 10.0. The van der Waals surface area contributed by atoms with Crippen LogP contribution >= 0.6 is 0 Å². The van der Waals surface area contributed by atoms with Crippen LogP contribution in [0, 0.1) is 6.92 Å². The Morgan fingerprint density at radius 2 is 1.86 bits per heavy atom. The smallest absolute Gasteiger partial charge is 0.242 e. The number of aryl methyl sites for hydroxylation is 1. The number of carbonyl (C=O) groups is 1. The summed E-state index contributed by atoms with van der Waals surface area (Å²) in [5.74, 6) is 0.833. The zero-order chi connectivity index (χ0) is 20.6. The Balaban J connectivity index is 1.55. The Hall–Kier alpha value is -2.70. The number of rotatable bonds is 4. The summed E-state index contributed by atoms with van der Waals surface area (Å²) in [6.45, 7) is 3.08. The summed E-state index contributed by atoms with van der Waals surface area (Å²) in [4.78, 5) is 21.5. The van der Waals surface area contributed by atoms with Crippen LogP contribution in [0.2, 0.25) is 0 Å². The van der Waals surface area contributed by atoms with Gasteiger partial charge in [0, 0.05) is 13.1 Å². The molecule has 6 nitrogen and oxygen atoms in total. The molecule has 2 aromatic carbocycles. The number of imidazole rings is 1. The van der Waals surface area contributed by atoms with E-state index in [2.05, 4.69) is 22.0 Å². The first-order chi connectivity index (χ1) is 13.9. The first-order valence-electron chi connectivity index (χ1n) is 10.0. The second-order valence-corrected chi connectivity index (χ2v) is 8.02. The van der Waals surface area contributed by atoms with E-state index in [1.165, 1.54) is 0 Å². The minimum absolute atomic E-state index is 0.00993. The van der Waals surface area contributed by atoms with Gasteiger partial charge in [0.1, 0.15) is 12.4 Å². The molecule has 0 spiro atoms. The lowest BCUT2D eigenvalue weighted by molar-refractivity contribution is -0.141. The number of aliphatic hydroxyl groups is 1. The standard InChI is InChI=1S/C23H28N4O2/c1-17-24-19-11-7-8-12-20(19)27(17)16-22(29)26-14-13-23(25(2)3,21(28)15-26)18-9-5-4-6-10-18/h4-12,21,28H,13-16H2,1-3H3/t21-,23+/m1/s1. The number of amides is 1. The number of β-amino-alcohol motifs (C(OH)–C–C–N with tert-alkyl or cyclic N) is 1. The highest BCUT2D eigenvalue weighted by atomic mass is 16.3. The third-order valence-corrected chi connectivity index (χ3v) is 6.27. The number of carbonyl (C=O) groups excluding carboxylic acids is 1. The molecule has 2 atom stereocenters. The molecule has 4 rings (SSSR count). The summed E-state index contributed by atoms with van der Waals surface area (Å²) < 4.78 is 1.95. The molecule has 0 radical (unpaired) electrons. The lowest BCUT2D eigenvalue weighted by Gasteiger charge is -2.49. The van der Waals surface area contributed by atoms with Gasteiger partial charge < -0.3 is 14.6 Å². The second-order valence-electron chi connectivity index (χ2n) is 8.02. The van der Waals surface area contributed by atoms with Crippen LogP contribution in [-0.2, 0) is 16.9 Å². The van der Waals surface area contributed by atoms with Gasteiger partial charge in [0.05, 0.1) is 22.7 Å². The monoisotopic (exact) mass is 392 g/mol. The third kappa shape index (κ3) is 3.32. The average Bonchev–Trinajstić information content (AvgIpc) is 3.03. The molecule has 1 aliphatic heterocycles. The summed E-state index contributed by atoms with van der Waals surface area (Å²) in [5, 5.41) is 11.2. The summed E-state index contributed by atoms with van der Waals surface area (Å²) in [6, 6.07) is 17.9. The van der Waals surface area contributed by atoms with Crippen LogP contribution in [0.5, 0.6) is 0 Å². The molecule has 0 unspecified atom stereocenters. The molecule has 1 N–H and O–H groups in total. The maximum absolute atomic E-state index is 13.1. The van der Waals surface area contributed by atoms with Crippen LogP contribution in [-0.4, -0.2) is 63.7 Å². The van der Waals surface area contributed by atoms with Crippen LogP contribution in [0.15, 0.2) is 54.6 Å². The van der Waals surface area contributed by atoms with Crippen LogP contribution in [0.1, 0.15) is 17.8 Å². The molecule has 1 aliphatic rings. The van der Waals surface area contributed by atoms with Gasteiger partial charge in [0.15, 0.2) is 0 Å². The third-order valence-electron chi connectivity index (χ3n) is 6.27. The van der Waals surface area contributed by atoms with E-state index in [9.17, 15) is 9.90 Å². The lowest BCUT2D eigenvalue weighted by Crippen LogP contribution is -2.61. The lowest BCUT2D eigenvalue weighted by atomic mass is 9.77. The van der Waals surface area contributed by atoms with Crippen molar-refractivity contribution in [1.82, 2.24) is 19.4 Å². The van der Waals surface area contributed by atoms with Crippen LogP contribution in [0.25, 0.3) is 11.0 Å². The number of likely N-dealkylation sites (tertiary alicyclic amines) is 1. The molecule has 1 amide bonds. The maximum Gasteiger partial charge on any atom is 0.242 e. The largest absolute Gasteiger partial charge is 0.389 e. The van der Waals surface area contributed by atoms with Crippen molar-refractivity contribution in [1.29, 1.82) is 0 Å². The summed E-state index contributed by atoms with van der Waals surface area (Å²) in [6.07, 6.45) is 0.0128. The van der Waals surface area contributed by atoms with E-state index in [1.54, 1.807) is 4.90 Å². The predicted octanol–water partition coefficient (Wildman–Crippen LogP) is 2.40. The number of piperidine rings is 1. The normalized spacial score (nSPS) is 22.4. The summed E-state index contributed by atoms with van der Waals surface area (Å²) >= 11 is 0. The highest BCUT2D eigenvalue weighted by Gasteiger charge is 2.46. The first kappa shape index (κ1) is 19.6. The van der Waals surface area contributed by atoms with Gasteiger partial charge in [0.2, 0.25) is 5.91 Å². The van der Waals surface area contributed by atoms with Crippen molar-refractivity contribution in [3.05, 3.63) is 66.0 Å². The summed E-state index contributed by atoms with van der Waals surface area (Å²) in [7, 11) is 3.99. The number of para-hydroxylation sites is 2. The van der Waals surface area contributed by atoms with Gasteiger partial charge in [-0.15, -0.1) is 0 Å². The van der Waals surface area contributed by atoms with E-state index in [4.69, 9.17) is 0 Å². The van der Waals surface area contributed by atoms with Gasteiger partial charge >= 0.3 is 0 Å². The predicted molar refractivity (Wildman–Crippen MR) is 113 cm³/mol. The molecule has 152 valence electrons. The van der Waals surface area contributed by atoms with Crippen molar-refractivity contribution in [3.8, 4) is 0 Å².